The van der Waals surface area contributed by atoms with Gasteiger partial charge in [0.2, 0.25) is 5.91 Å². The van der Waals surface area contributed by atoms with E-state index in [4.69, 9.17) is 28.9 Å². The molecule has 0 aromatic carbocycles. The average Bonchev–Trinajstić information content (AvgIpc) is 2.38. The fourth-order valence-electron chi connectivity index (χ4n) is 1.75. The van der Waals surface area contributed by atoms with Crippen molar-refractivity contribution in [1.82, 2.24) is 9.55 Å². The summed E-state index contributed by atoms with van der Waals surface area (Å²) in [7, 11) is 0. The zero-order valence-corrected chi connectivity index (χ0v) is 12.6. The second kappa shape index (κ2) is 6.15. The van der Waals surface area contributed by atoms with E-state index in [9.17, 15) is 9.59 Å². The van der Waals surface area contributed by atoms with Gasteiger partial charge in [-0.2, -0.15) is 0 Å². The summed E-state index contributed by atoms with van der Waals surface area (Å²) < 4.78 is 1.21. The van der Waals surface area contributed by atoms with E-state index in [0.717, 1.165) is 0 Å². The number of halogens is 2. The lowest BCUT2D eigenvalue weighted by molar-refractivity contribution is -0.116. The van der Waals surface area contributed by atoms with Gasteiger partial charge < -0.3 is 15.6 Å². The van der Waals surface area contributed by atoms with Crippen LogP contribution in [0, 0.1) is 6.92 Å². The number of carbonyl (C=O) groups is 1. The van der Waals surface area contributed by atoms with Crippen LogP contribution in [-0.2, 0) is 11.3 Å². The van der Waals surface area contributed by atoms with E-state index in [1.807, 2.05) is 0 Å². The molecule has 0 aliphatic heterocycles. The number of carbonyl (C=O) groups excluding carboxylic acids is 1. The minimum Gasteiger partial charge on any atom is -0.398 e. The monoisotopic (exact) mass is 326 g/mol. The Kier molecular flexibility index (Phi) is 4.50. The lowest BCUT2D eigenvalue weighted by Gasteiger charge is -2.11. The summed E-state index contributed by atoms with van der Waals surface area (Å²) in [6.07, 6.45) is 1.40. The van der Waals surface area contributed by atoms with Gasteiger partial charge in [0, 0.05) is 18.0 Å². The van der Waals surface area contributed by atoms with Crippen molar-refractivity contribution in [2.45, 2.75) is 13.5 Å². The molecule has 110 valence electrons. The first-order chi connectivity index (χ1) is 9.86. The summed E-state index contributed by atoms with van der Waals surface area (Å²) in [5.74, 6) is -0.420. The summed E-state index contributed by atoms with van der Waals surface area (Å²) in [6.45, 7) is 1.56. The Labute approximate surface area is 130 Å². The first kappa shape index (κ1) is 15.3. The van der Waals surface area contributed by atoms with Crippen LogP contribution in [0.5, 0.6) is 0 Å². The van der Waals surface area contributed by atoms with Crippen molar-refractivity contribution in [3.8, 4) is 0 Å². The lowest BCUT2D eigenvalue weighted by atomic mass is 10.2. The van der Waals surface area contributed by atoms with Gasteiger partial charge in [0.1, 0.15) is 11.7 Å². The van der Waals surface area contributed by atoms with E-state index < -0.39 is 5.91 Å². The first-order valence-electron chi connectivity index (χ1n) is 5.95. The van der Waals surface area contributed by atoms with Crippen molar-refractivity contribution in [3.05, 3.63) is 50.6 Å². The molecule has 2 rings (SSSR count). The van der Waals surface area contributed by atoms with E-state index in [-0.39, 0.29) is 22.4 Å². The number of aromatic nitrogens is 2. The molecule has 2 heterocycles. The van der Waals surface area contributed by atoms with Crippen LogP contribution in [0.1, 0.15) is 5.56 Å². The van der Waals surface area contributed by atoms with Gasteiger partial charge in [-0.15, -0.1) is 0 Å². The molecular weight excluding hydrogens is 315 g/mol. The molecule has 0 aliphatic carbocycles. The van der Waals surface area contributed by atoms with Crippen molar-refractivity contribution < 1.29 is 4.79 Å². The highest BCUT2D eigenvalue weighted by Gasteiger charge is 2.12. The molecule has 1 amide bonds. The molecule has 0 bridgehead atoms. The first-order valence-corrected chi connectivity index (χ1v) is 6.71. The summed E-state index contributed by atoms with van der Waals surface area (Å²) in [5.41, 5.74) is 6.69. The fraction of sp³-hybridized carbons (Fsp3) is 0.154. The van der Waals surface area contributed by atoms with Crippen LogP contribution >= 0.6 is 23.2 Å². The van der Waals surface area contributed by atoms with E-state index >= 15 is 0 Å². The van der Waals surface area contributed by atoms with Crippen molar-refractivity contribution >= 4 is 40.5 Å². The van der Waals surface area contributed by atoms with Crippen LogP contribution in [0.25, 0.3) is 0 Å². The number of nitrogen functional groups attached to an aromatic ring is 1. The number of anilines is 2. The van der Waals surface area contributed by atoms with E-state index in [0.29, 0.717) is 16.9 Å². The molecule has 0 fully saturated rings. The Hall–Kier alpha value is -2.05. The predicted octanol–water partition coefficient (Wildman–Crippen LogP) is 2.08. The van der Waals surface area contributed by atoms with Gasteiger partial charge in [-0.3, -0.25) is 9.59 Å². The molecule has 0 radical (unpaired) electrons. The maximum Gasteiger partial charge on any atom is 0.251 e. The number of amides is 1. The highest BCUT2D eigenvalue weighted by Crippen LogP contribution is 2.26. The minimum absolute atomic E-state index is 0.0910. The number of rotatable bonds is 3. The van der Waals surface area contributed by atoms with Crippen LogP contribution in [0.3, 0.4) is 0 Å². The van der Waals surface area contributed by atoms with Gasteiger partial charge in [0.05, 0.1) is 5.69 Å². The van der Waals surface area contributed by atoms with Gasteiger partial charge in [-0.25, -0.2) is 4.98 Å². The maximum absolute atomic E-state index is 12.0. The standard InChI is InChI=1S/C13H12Cl2N4O2/c1-7-4-9(14)17-13(15)12(7)18-10(20)6-19-5-8(16)2-3-11(19)21/h2-5H,6,16H2,1H3,(H,18,20). The molecule has 0 spiro atoms. The third-order valence-corrected chi connectivity index (χ3v) is 3.19. The van der Waals surface area contributed by atoms with Crippen molar-refractivity contribution in [2.75, 3.05) is 11.1 Å². The Morgan fingerprint density at radius 3 is 2.81 bits per heavy atom. The Morgan fingerprint density at radius 1 is 1.43 bits per heavy atom. The summed E-state index contributed by atoms with van der Waals surface area (Å²) >= 11 is 11.7. The highest BCUT2D eigenvalue weighted by atomic mass is 35.5. The molecular formula is C13H12Cl2N4O2. The number of nitrogens with zero attached hydrogens (tertiary/aromatic N) is 2. The normalized spacial score (nSPS) is 10.4. The molecule has 2 aromatic rings. The van der Waals surface area contributed by atoms with Gasteiger partial charge >= 0.3 is 0 Å². The Bertz CT molecular complexity index is 735. The van der Waals surface area contributed by atoms with Gasteiger partial charge in [0.25, 0.3) is 5.56 Å². The highest BCUT2D eigenvalue weighted by molar-refractivity contribution is 6.34. The van der Waals surface area contributed by atoms with Crippen LogP contribution < -0.4 is 16.6 Å². The Morgan fingerprint density at radius 2 is 2.14 bits per heavy atom. The summed E-state index contributed by atoms with van der Waals surface area (Å²) in [6, 6.07) is 4.35. The third-order valence-electron chi connectivity index (χ3n) is 2.73. The number of nitrogens with two attached hydrogens (primary N) is 1. The van der Waals surface area contributed by atoms with Gasteiger partial charge in [-0.05, 0) is 24.6 Å². The number of aryl methyl sites for hydroxylation is 1. The van der Waals surface area contributed by atoms with Crippen LogP contribution in [0.2, 0.25) is 10.3 Å². The van der Waals surface area contributed by atoms with Crippen molar-refractivity contribution in [1.29, 1.82) is 0 Å². The molecule has 0 unspecified atom stereocenters. The van der Waals surface area contributed by atoms with Crippen LogP contribution in [0.4, 0.5) is 11.4 Å². The molecule has 0 aliphatic rings. The quantitative estimate of drug-likeness (QED) is 0.845. The molecule has 8 heteroatoms. The predicted molar refractivity (Wildman–Crippen MR) is 82.7 cm³/mol. The van der Waals surface area contributed by atoms with E-state index in [1.165, 1.54) is 22.9 Å². The maximum atomic E-state index is 12.0. The smallest absolute Gasteiger partial charge is 0.251 e. The van der Waals surface area contributed by atoms with Crippen LogP contribution in [-0.4, -0.2) is 15.5 Å². The molecule has 2 aromatic heterocycles. The average molecular weight is 327 g/mol. The number of pyridine rings is 2. The second-order valence-corrected chi connectivity index (χ2v) is 5.15. The molecule has 0 saturated heterocycles. The van der Waals surface area contributed by atoms with Gasteiger partial charge in [-0.1, -0.05) is 23.2 Å². The van der Waals surface area contributed by atoms with Crippen LogP contribution in [0.15, 0.2) is 29.2 Å². The summed E-state index contributed by atoms with van der Waals surface area (Å²) in [4.78, 5) is 27.5. The second-order valence-electron chi connectivity index (χ2n) is 4.40. The third kappa shape index (κ3) is 3.74. The fourth-order valence-corrected chi connectivity index (χ4v) is 2.33. The van der Waals surface area contributed by atoms with E-state index in [1.54, 1.807) is 13.0 Å². The van der Waals surface area contributed by atoms with Crippen molar-refractivity contribution in [2.24, 2.45) is 0 Å². The number of hydrogen-bond acceptors (Lipinski definition) is 4. The largest absolute Gasteiger partial charge is 0.398 e. The molecule has 6 nitrogen and oxygen atoms in total. The Balaban J connectivity index is 2.19. The SMILES string of the molecule is Cc1cc(Cl)nc(Cl)c1NC(=O)Cn1cc(N)ccc1=O. The minimum atomic E-state index is -0.420. The van der Waals surface area contributed by atoms with E-state index in [2.05, 4.69) is 10.3 Å². The molecule has 0 atom stereocenters. The summed E-state index contributed by atoms with van der Waals surface area (Å²) in [5, 5.41) is 2.94. The number of hydrogen-bond donors (Lipinski definition) is 2. The molecule has 0 saturated carbocycles. The number of nitrogens with one attached hydrogen (secondary N) is 1. The lowest BCUT2D eigenvalue weighted by Crippen LogP contribution is -2.27. The molecule has 21 heavy (non-hydrogen) atoms. The van der Waals surface area contributed by atoms with Gasteiger partial charge in [0.15, 0.2) is 5.15 Å². The zero-order chi connectivity index (χ0) is 15.6. The van der Waals surface area contributed by atoms with Crippen molar-refractivity contribution in [3.63, 3.8) is 0 Å². The zero-order valence-electron chi connectivity index (χ0n) is 11.1. The molecule has 3 N–H and O–H groups in total. The topological polar surface area (TPSA) is 90.0 Å².